The number of aromatic hydroxyl groups is 1. The first-order valence-electron chi connectivity index (χ1n) is 10.3. The molecule has 0 aliphatic heterocycles. The number of hydrogen-bond donors (Lipinski definition) is 2. The second-order valence-electron chi connectivity index (χ2n) is 8.15. The Bertz CT molecular complexity index is 838. The van der Waals surface area contributed by atoms with E-state index in [2.05, 4.69) is 36.4 Å². The fourth-order valence-electron chi connectivity index (χ4n) is 4.53. The van der Waals surface area contributed by atoms with Gasteiger partial charge < -0.3 is 10.8 Å². The van der Waals surface area contributed by atoms with Gasteiger partial charge in [0.15, 0.2) is 0 Å². The van der Waals surface area contributed by atoms with Crippen LogP contribution >= 0.6 is 0 Å². The molecule has 0 radical (unpaired) electrons. The van der Waals surface area contributed by atoms with Crippen LogP contribution in [0.5, 0.6) is 5.75 Å². The molecule has 1 saturated carbocycles. The molecule has 5 aliphatic carbocycles. The van der Waals surface area contributed by atoms with Gasteiger partial charge in [-0.2, -0.15) is 0 Å². The maximum atomic E-state index is 11.1. The predicted octanol–water partition coefficient (Wildman–Crippen LogP) is 4.35. The van der Waals surface area contributed by atoms with E-state index in [1.165, 1.54) is 29.5 Å². The van der Waals surface area contributed by atoms with Gasteiger partial charge in [-0.15, -0.1) is 0 Å². The molecule has 0 saturated heterocycles. The number of phenolic OH excluding ortho intramolecular Hbond substituents is 1. The van der Waals surface area contributed by atoms with Crippen LogP contribution in [0.1, 0.15) is 60.4 Å². The number of benzene rings is 2. The minimum atomic E-state index is 0.144. The van der Waals surface area contributed by atoms with E-state index in [1.54, 1.807) is 0 Å². The van der Waals surface area contributed by atoms with Gasteiger partial charge in [0.2, 0.25) is 0 Å². The summed E-state index contributed by atoms with van der Waals surface area (Å²) in [6.07, 6.45) is 8.18. The Morgan fingerprint density at radius 1 is 0.889 bits per heavy atom. The lowest BCUT2D eigenvalue weighted by atomic mass is 9.89. The lowest BCUT2D eigenvalue weighted by Gasteiger charge is -2.26. The quantitative estimate of drug-likeness (QED) is 0.780. The minimum Gasteiger partial charge on any atom is -0.507 e. The zero-order valence-corrected chi connectivity index (χ0v) is 16.2. The van der Waals surface area contributed by atoms with Crippen LogP contribution in [0.15, 0.2) is 41.4 Å². The number of hydrogen-bond acceptors (Lipinski definition) is 3. The standard InChI is InChI=1S/C24H30N2O/c1-16(26-22-5-3-2-4-21(22)25)23-19-12-10-17-6-8-18(9-7-17)11-13-20(15-14-19)24(23)27/h6-9,14-15,21-22,27H,2-5,10-13,25H2,1H3. The van der Waals surface area contributed by atoms with Gasteiger partial charge in [0.25, 0.3) is 0 Å². The molecule has 2 atom stereocenters. The lowest BCUT2D eigenvalue weighted by molar-refractivity contribution is 0.386. The normalized spacial score (nSPS) is 23.1. The van der Waals surface area contributed by atoms with Crippen LogP contribution < -0.4 is 5.73 Å². The highest BCUT2D eigenvalue weighted by molar-refractivity contribution is 6.03. The summed E-state index contributed by atoms with van der Waals surface area (Å²) >= 11 is 0. The monoisotopic (exact) mass is 362 g/mol. The third-order valence-corrected chi connectivity index (χ3v) is 6.24. The van der Waals surface area contributed by atoms with Crippen LogP contribution in [-0.4, -0.2) is 22.9 Å². The summed E-state index contributed by atoms with van der Waals surface area (Å²) in [6, 6.07) is 13.5. The molecule has 0 spiro atoms. The van der Waals surface area contributed by atoms with E-state index < -0.39 is 0 Å². The summed E-state index contributed by atoms with van der Waals surface area (Å²) in [4.78, 5) is 4.99. The SMILES string of the molecule is CC(=NC1CCCCC1N)c1c2ccc(c1O)CCc1ccc(cc1)CC2. The molecule has 3 N–H and O–H groups in total. The molecule has 4 bridgehead atoms. The van der Waals surface area contributed by atoms with Crippen molar-refractivity contribution in [1.82, 2.24) is 0 Å². The molecule has 5 aliphatic rings. The Balaban J connectivity index is 1.72. The third kappa shape index (κ3) is 3.93. The van der Waals surface area contributed by atoms with E-state index in [0.717, 1.165) is 55.4 Å². The van der Waals surface area contributed by atoms with Gasteiger partial charge in [-0.25, -0.2) is 0 Å². The first-order chi connectivity index (χ1) is 13.1. The second-order valence-corrected chi connectivity index (χ2v) is 8.15. The molecule has 27 heavy (non-hydrogen) atoms. The zero-order chi connectivity index (χ0) is 18.8. The Morgan fingerprint density at radius 2 is 1.48 bits per heavy atom. The van der Waals surface area contributed by atoms with Crippen molar-refractivity contribution < 1.29 is 5.11 Å². The molecule has 0 aromatic heterocycles. The number of phenols is 1. The Hall–Kier alpha value is -2.13. The summed E-state index contributed by atoms with van der Waals surface area (Å²) in [6.45, 7) is 2.05. The maximum Gasteiger partial charge on any atom is 0.128 e. The number of aliphatic imine (C=N–C) groups is 1. The van der Waals surface area contributed by atoms with Gasteiger partial charge in [-0.1, -0.05) is 49.2 Å². The highest BCUT2D eigenvalue weighted by Gasteiger charge is 2.23. The third-order valence-electron chi connectivity index (χ3n) is 6.24. The van der Waals surface area contributed by atoms with E-state index in [0.29, 0.717) is 5.75 Å². The number of rotatable bonds is 2. The van der Waals surface area contributed by atoms with Gasteiger partial charge >= 0.3 is 0 Å². The van der Waals surface area contributed by atoms with E-state index in [1.807, 2.05) is 6.92 Å². The van der Waals surface area contributed by atoms with Crippen molar-refractivity contribution in [3.8, 4) is 5.75 Å². The summed E-state index contributed by atoms with van der Waals surface area (Å²) in [5, 5.41) is 11.1. The number of aryl methyl sites for hydroxylation is 4. The van der Waals surface area contributed by atoms with Gasteiger partial charge in [0.05, 0.1) is 6.04 Å². The first-order valence-corrected chi connectivity index (χ1v) is 10.3. The summed E-state index contributed by atoms with van der Waals surface area (Å²) in [5.74, 6) is 0.424. The van der Waals surface area contributed by atoms with E-state index in [4.69, 9.17) is 10.7 Å². The smallest absolute Gasteiger partial charge is 0.128 e. The topological polar surface area (TPSA) is 58.6 Å². The van der Waals surface area contributed by atoms with E-state index >= 15 is 0 Å². The van der Waals surface area contributed by atoms with Crippen molar-refractivity contribution in [2.75, 3.05) is 0 Å². The predicted molar refractivity (Wildman–Crippen MR) is 112 cm³/mol. The van der Waals surface area contributed by atoms with Crippen LogP contribution in [-0.2, 0) is 25.7 Å². The molecule has 3 nitrogen and oxygen atoms in total. The van der Waals surface area contributed by atoms with Crippen molar-refractivity contribution >= 4 is 5.71 Å². The first kappa shape index (κ1) is 18.2. The van der Waals surface area contributed by atoms with Crippen molar-refractivity contribution in [2.24, 2.45) is 10.7 Å². The molecular weight excluding hydrogens is 332 g/mol. The van der Waals surface area contributed by atoms with Crippen molar-refractivity contribution in [1.29, 1.82) is 0 Å². The Morgan fingerprint density at radius 3 is 2.15 bits per heavy atom. The van der Waals surface area contributed by atoms with Gasteiger partial charge in [-0.05, 0) is 67.7 Å². The minimum absolute atomic E-state index is 0.144. The molecule has 1 fully saturated rings. The molecule has 2 unspecified atom stereocenters. The molecule has 2 aromatic carbocycles. The maximum absolute atomic E-state index is 11.1. The molecule has 2 aromatic rings. The van der Waals surface area contributed by atoms with Crippen LogP contribution in [0, 0.1) is 0 Å². The summed E-state index contributed by atoms with van der Waals surface area (Å²) < 4.78 is 0. The molecular formula is C24H30N2O. The van der Waals surface area contributed by atoms with E-state index in [-0.39, 0.29) is 12.1 Å². The summed E-state index contributed by atoms with van der Waals surface area (Å²) in [5.41, 5.74) is 13.1. The van der Waals surface area contributed by atoms with E-state index in [9.17, 15) is 5.11 Å². The fourth-order valence-corrected chi connectivity index (χ4v) is 4.53. The van der Waals surface area contributed by atoms with Crippen molar-refractivity contribution in [2.45, 2.75) is 70.4 Å². The number of nitrogens with zero attached hydrogens (tertiary/aromatic N) is 1. The Labute approximate surface area is 162 Å². The second kappa shape index (κ2) is 7.85. The lowest BCUT2D eigenvalue weighted by Crippen LogP contribution is -2.36. The molecule has 0 heterocycles. The molecule has 3 heteroatoms. The highest BCUT2D eigenvalue weighted by atomic mass is 16.3. The highest BCUT2D eigenvalue weighted by Crippen LogP contribution is 2.31. The zero-order valence-electron chi connectivity index (χ0n) is 16.2. The molecule has 7 rings (SSSR count). The van der Waals surface area contributed by atoms with Crippen molar-refractivity contribution in [3.63, 3.8) is 0 Å². The molecule has 142 valence electrons. The van der Waals surface area contributed by atoms with Gasteiger partial charge in [-0.3, -0.25) is 4.99 Å². The van der Waals surface area contributed by atoms with Gasteiger partial charge in [0.1, 0.15) is 5.75 Å². The van der Waals surface area contributed by atoms with Crippen molar-refractivity contribution in [3.05, 3.63) is 64.2 Å². The van der Waals surface area contributed by atoms with Gasteiger partial charge in [0, 0.05) is 17.3 Å². The van der Waals surface area contributed by atoms with Crippen LogP contribution in [0.4, 0.5) is 0 Å². The average Bonchev–Trinajstić information content (AvgIpc) is 2.66. The largest absolute Gasteiger partial charge is 0.507 e. The Kier molecular flexibility index (Phi) is 5.31. The van der Waals surface area contributed by atoms with Crippen LogP contribution in [0.25, 0.3) is 0 Å². The average molecular weight is 363 g/mol. The molecule has 0 amide bonds. The van der Waals surface area contributed by atoms with Crippen LogP contribution in [0.2, 0.25) is 0 Å². The van der Waals surface area contributed by atoms with Crippen LogP contribution in [0.3, 0.4) is 0 Å². The fraction of sp³-hybridized carbons (Fsp3) is 0.458. The number of nitrogens with two attached hydrogens (primary N) is 1. The summed E-state index contributed by atoms with van der Waals surface area (Å²) in [7, 11) is 0.